The number of aliphatic hydroxyl groups excluding tert-OH is 1. The standard InChI is InChI=1S/C32H40F17NO6Si/c1-17(2)57(18(3)4,56-15-14-55-21-10-8-20(9-11-21)23(51)22(54-6)12-7-19(5)24(52)50-53)16-13-25(33,34)26(35,36)27(37,38)28(39,40)29(41,42)30(43,44)31(45,46)32(47,48)49/h7-11,17-18,22-23,51,53H,12-16H2,1-6H3,(H,50,52)/b19-7+/t22-,23-/m1/s1. The molecule has 0 aliphatic rings. The number of carbonyl (C=O) groups excluding carboxylic acids is 1. The summed E-state index contributed by atoms with van der Waals surface area (Å²) in [4.78, 5) is 11.4. The molecule has 0 bridgehead atoms. The highest BCUT2D eigenvalue weighted by molar-refractivity contribution is 6.76. The summed E-state index contributed by atoms with van der Waals surface area (Å²) in [5, 5.41) is 19.4. The lowest BCUT2D eigenvalue weighted by Crippen LogP contribution is -2.74. The number of hydroxylamine groups is 1. The maximum atomic E-state index is 14.9. The molecule has 0 saturated heterocycles. The van der Waals surface area contributed by atoms with Gasteiger partial charge in [0, 0.05) is 19.1 Å². The normalized spacial score (nSPS) is 15.9. The van der Waals surface area contributed by atoms with Crippen molar-refractivity contribution in [1.82, 2.24) is 5.48 Å². The van der Waals surface area contributed by atoms with Crippen LogP contribution in [0, 0.1) is 0 Å². The van der Waals surface area contributed by atoms with Crippen molar-refractivity contribution in [2.75, 3.05) is 20.3 Å². The first kappa shape index (κ1) is 52.1. The van der Waals surface area contributed by atoms with E-state index in [4.69, 9.17) is 19.1 Å². The number of aliphatic hydroxyl groups is 1. The molecule has 2 atom stereocenters. The van der Waals surface area contributed by atoms with Crippen LogP contribution in [0.5, 0.6) is 5.75 Å². The smallest absolute Gasteiger partial charge is 0.460 e. The van der Waals surface area contributed by atoms with Gasteiger partial charge in [-0.2, -0.15) is 74.6 Å². The zero-order chi connectivity index (χ0) is 45.0. The van der Waals surface area contributed by atoms with Crippen LogP contribution in [0.3, 0.4) is 0 Å². The Labute approximate surface area is 315 Å². The van der Waals surface area contributed by atoms with Gasteiger partial charge >= 0.3 is 47.6 Å². The van der Waals surface area contributed by atoms with Crippen molar-refractivity contribution >= 4 is 14.2 Å². The Bertz CT molecular complexity index is 1500. The maximum absolute atomic E-state index is 14.9. The average Bonchev–Trinajstić information content (AvgIpc) is 3.09. The summed E-state index contributed by atoms with van der Waals surface area (Å²) < 4.78 is 251. The van der Waals surface area contributed by atoms with E-state index < -0.39 is 111 Å². The average molecular weight is 886 g/mol. The van der Waals surface area contributed by atoms with Crippen molar-refractivity contribution in [3.8, 4) is 5.75 Å². The number of ether oxygens (including phenoxy) is 2. The highest BCUT2D eigenvalue weighted by atomic mass is 28.4. The minimum absolute atomic E-state index is 0.0318. The van der Waals surface area contributed by atoms with Crippen molar-refractivity contribution in [2.24, 2.45) is 0 Å². The number of alkyl halides is 17. The van der Waals surface area contributed by atoms with Crippen LogP contribution in [-0.2, 0) is 14.0 Å². The fourth-order valence-corrected chi connectivity index (χ4v) is 10.0. The monoisotopic (exact) mass is 885 g/mol. The van der Waals surface area contributed by atoms with Crippen LogP contribution < -0.4 is 10.2 Å². The molecule has 0 fully saturated rings. The zero-order valence-corrected chi connectivity index (χ0v) is 31.7. The Morgan fingerprint density at radius 3 is 1.58 bits per heavy atom. The third kappa shape index (κ3) is 9.94. The van der Waals surface area contributed by atoms with E-state index in [2.05, 4.69) is 0 Å². The number of benzene rings is 1. The molecule has 0 aliphatic carbocycles. The van der Waals surface area contributed by atoms with Gasteiger partial charge in [0.1, 0.15) is 18.5 Å². The van der Waals surface area contributed by atoms with Gasteiger partial charge in [-0.3, -0.25) is 10.0 Å². The first-order valence-electron chi connectivity index (χ1n) is 16.4. The molecular weight excluding hydrogens is 845 g/mol. The molecule has 0 saturated carbocycles. The highest BCUT2D eigenvalue weighted by Crippen LogP contribution is 2.64. The summed E-state index contributed by atoms with van der Waals surface area (Å²) in [7, 11) is -2.69. The molecule has 7 nitrogen and oxygen atoms in total. The van der Waals surface area contributed by atoms with Gasteiger partial charge in [0.25, 0.3) is 5.91 Å². The van der Waals surface area contributed by atoms with Gasteiger partial charge < -0.3 is 19.0 Å². The van der Waals surface area contributed by atoms with Gasteiger partial charge in [0.15, 0.2) is 8.32 Å². The summed E-state index contributed by atoms with van der Waals surface area (Å²) in [5.74, 6) is -57.4. The SMILES string of the molecule is CO[C@H](C/C=C(\C)C(=O)NO)[C@H](O)c1ccc(OCCO[Si](CCC(F)(F)C(F)(F)C(F)(F)C(F)(F)C(F)(F)C(F)(F)C(F)(F)C(F)(F)F)(C(C)C)C(C)C)cc1. The molecule has 0 heterocycles. The molecule has 3 N–H and O–H groups in total. The lowest BCUT2D eigenvalue weighted by Gasteiger charge is -2.44. The van der Waals surface area contributed by atoms with Gasteiger partial charge in [-0.25, -0.2) is 5.48 Å². The van der Waals surface area contributed by atoms with E-state index in [-0.39, 0.29) is 17.7 Å². The molecule has 57 heavy (non-hydrogen) atoms. The molecule has 1 aromatic carbocycles. The molecule has 25 heteroatoms. The highest BCUT2D eigenvalue weighted by Gasteiger charge is 2.95. The van der Waals surface area contributed by atoms with E-state index in [1.54, 1.807) is 0 Å². The van der Waals surface area contributed by atoms with Crippen molar-refractivity contribution < 1.29 is 104 Å². The lowest BCUT2D eigenvalue weighted by atomic mass is 9.88. The van der Waals surface area contributed by atoms with Gasteiger partial charge in [-0.15, -0.1) is 0 Å². The van der Waals surface area contributed by atoms with Crippen LogP contribution in [0.25, 0.3) is 0 Å². The quantitative estimate of drug-likeness (QED) is 0.0268. The van der Waals surface area contributed by atoms with E-state index in [1.165, 1.54) is 77.6 Å². The van der Waals surface area contributed by atoms with Crippen LogP contribution >= 0.6 is 0 Å². The number of halogens is 17. The summed E-state index contributed by atoms with van der Waals surface area (Å²) in [6, 6.07) is 4.17. The number of hydrogen-bond donors (Lipinski definition) is 3. The molecular formula is C32H40F17NO6Si. The Morgan fingerprint density at radius 1 is 0.737 bits per heavy atom. The van der Waals surface area contributed by atoms with Crippen LogP contribution in [0.4, 0.5) is 74.6 Å². The van der Waals surface area contributed by atoms with E-state index in [9.17, 15) is 84.5 Å². The molecule has 1 amide bonds. The Kier molecular flexibility index (Phi) is 16.6. The van der Waals surface area contributed by atoms with E-state index >= 15 is 0 Å². The molecule has 0 unspecified atom stereocenters. The zero-order valence-electron chi connectivity index (χ0n) is 30.7. The Balaban J connectivity index is 3.22. The van der Waals surface area contributed by atoms with E-state index in [1.807, 2.05) is 0 Å². The third-order valence-corrected chi connectivity index (χ3v) is 15.0. The topological polar surface area (TPSA) is 97.3 Å². The number of carbonyl (C=O) groups is 1. The van der Waals surface area contributed by atoms with Crippen molar-refractivity contribution in [3.63, 3.8) is 0 Å². The van der Waals surface area contributed by atoms with Gasteiger partial charge in [-0.05, 0) is 48.2 Å². The molecule has 1 aromatic rings. The van der Waals surface area contributed by atoms with Crippen molar-refractivity contribution in [1.29, 1.82) is 0 Å². The Morgan fingerprint density at radius 2 is 1.18 bits per heavy atom. The van der Waals surface area contributed by atoms with E-state index in [0.29, 0.717) is 5.56 Å². The lowest BCUT2D eigenvalue weighted by molar-refractivity contribution is -0.461. The summed E-state index contributed by atoms with van der Waals surface area (Å²) in [6.45, 7) is 5.71. The molecule has 0 aliphatic heterocycles. The van der Waals surface area contributed by atoms with Crippen LogP contribution in [0.2, 0.25) is 17.1 Å². The molecule has 332 valence electrons. The van der Waals surface area contributed by atoms with Crippen molar-refractivity contribution in [2.45, 2.75) is 124 Å². The number of rotatable bonds is 22. The predicted molar refractivity (Wildman–Crippen MR) is 168 cm³/mol. The van der Waals surface area contributed by atoms with Crippen LogP contribution in [0.1, 0.15) is 59.1 Å². The third-order valence-electron chi connectivity index (χ3n) is 9.29. The molecule has 0 spiro atoms. The largest absolute Gasteiger partial charge is 0.491 e. The number of nitrogens with one attached hydrogen (secondary N) is 1. The minimum Gasteiger partial charge on any atom is -0.491 e. The van der Waals surface area contributed by atoms with Crippen LogP contribution in [0.15, 0.2) is 35.9 Å². The van der Waals surface area contributed by atoms with Crippen LogP contribution in [-0.4, -0.2) is 98.6 Å². The number of methoxy groups -OCH3 is 1. The first-order valence-corrected chi connectivity index (χ1v) is 18.7. The molecule has 0 radical (unpaired) electrons. The molecule has 1 rings (SSSR count). The second-order valence-corrected chi connectivity index (χ2v) is 18.5. The molecule has 0 aromatic heterocycles. The maximum Gasteiger partial charge on any atom is 0.460 e. The van der Waals surface area contributed by atoms with Gasteiger partial charge in [0.05, 0.1) is 12.7 Å². The number of hydrogen-bond acceptors (Lipinski definition) is 6. The first-order chi connectivity index (χ1) is 25.5. The second kappa shape index (κ2) is 18.2. The summed E-state index contributed by atoms with van der Waals surface area (Å²) in [5.41, 5.74) is 0.107. The number of amides is 1. The predicted octanol–water partition coefficient (Wildman–Crippen LogP) is 10.1. The summed E-state index contributed by atoms with van der Waals surface area (Å²) >= 11 is 0. The Hall–Kier alpha value is -2.90. The van der Waals surface area contributed by atoms with Gasteiger partial charge in [-0.1, -0.05) is 45.9 Å². The van der Waals surface area contributed by atoms with Crippen molar-refractivity contribution in [3.05, 3.63) is 41.5 Å². The fraction of sp³-hybridized carbons (Fsp3) is 0.719. The minimum atomic E-state index is -8.69. The summed E-state index contributed by atoms with van der Waals surface area (Å²) in [6.07, 6.45) is -11.1. The van der Waals surface area contributed by atoms with Gasteiger partial charge in [0.2, 0.25) is 0 Å². The fourth-order valence-electron chi connectivity index (χ4n) is 5.55. The second-order valence-electron chi connectivity index (χ2n) is 13.5. The van der Waals surface area contributed by atoms with E-state index in [0.717, 1.165) is 0 Å².